The Hall–Kier alpha value is -3.06. The van der Waals surface area contributed by atoms with E-state index in [4.69, 9.17) is 9.97 Å². The third-order valence-electron chi connectivity index (χ3n) is 4.42. The molecular weight excluding hydrogens is 344 g/mol. The van der Waals surface area contributed by atoms with E-state index < -0.39 is 0 Å². The Morgan fingerprint density at radius 2 is 1.81 bits per heavy atom. The van der Waals surface area contributed by atoms with Gasteiger partial charge in [-0.15, -0.1) is 11.3 Å². The van der Waals surface area contributed by atoms with Gasteiger partial charge in [-0.1, -0.05) is 12.1 Å². The molecule has 0 aliphatic carbocycles. The third-order valence-corrected chi connectivity index (χ3v) is 5.36. The number of benzene rings is 1. The maximum Gasteiger partial charge on any atom is 0.195 e. The molecule has 0 bridgehead atoms. The molecule has 0 aliphatic heterocycles. The molecule has 6 nitrogen and oxygen atoms in total. The SMILES string of the molecule is Cc1cccc(-c2nc3scc(C)n3c2-c2ccc3nn(C)nc3c2)n1. The number of aromatic nitrogens is 6. The Labute approximate surface area is 153 Å². The van der Waals surface area contributed by atoms with Crippen LogP contribution >= 0.6 is 11.3 Å². The average Bonchev–Trinajstić information content (AvgIpc) is 3.27. The Bertz CT molecular complexity index is 1280. The molecule has 4 aromatic heterocycles. The molecule has 0 spiro atoms. The number of imidazole rings is 1. The predicted octanol–water partition coefficient (Wildman–Crippen LogP) is 4.02. The first-order valence-corrected chi connectivity index (χ1v) is 9.20. The van der Waals surface area contributed by atoms with Crippen molar-refractivity contribution in [1.82, 2.24) is 29.4 Å². The number of aryl methyl sites for hydroxylation is 3. The van der Waals surface area contributed by atoms with Gasteiger partial charge in [-0.25, -0.2) is 4.98 Å². The number of rotatable bonds is 2. The van der Waals surface area contributed by atoms with Crippen LogP contribution in [0.5, 0.6) is 0 Å². The Balaban J connectivity index is 1.84. The van der Waals surface area contributed by atoms with Crippen molar-refractivity contribution < 1.29 is 0 Å². The van der Waals surface area contributed by atoms with E-state index in [1.807, 2.05) is 38.2 Å². The highest BCUT2D eigenvalue weighted by Crippen LogP contribution is 2.35. The van der Waals surface area contributed by atoms with E-state index in [0.717, 1.165) is 50.0 Å². The molecule has 0 saturated heterocycles. The summed E-state index contributed by atoms with van der Waals surface area (Å²) in [5.74, 6) is 0. The number of thiazole rings is 1. The van der Waals surface area contributed by atoms with E-state index in [1.54, 1.807) is 16.1 Å². The third kappa shape index (κ3) is 2.24. The van der Waals surface area contributed by atoms with Gasteiger partial charge in [-0.05, 0) is 38.1 Å². The van der Waals surface area contributed by atoms with Crippen molar-refractivity contribution in [2.24, 2.45) is 7.05 Å². The lowest BCUT2D eigenvalue weighted by Crippen LogP contribution is -1.93. The minimum atomic E-state index is 0.871. The summed E-state index contributed by atoms with van der Waals surface area (Å²) >= 11 is 1.64. The first-order chi connectivity index (χ1) is 12.6. The molecule has 0 N–H and O–H groups in total. The Morgan fingerprint density at radius 1 is 0.962 bits per heavy atom. The van der Waals surface area contributed by atoms with Gasteiger partial charge in [0, 0.05) is 29.4 Å². The van der Waals surface area contributed by atoms with E-state index in [1.165, 1.54) is 0 Å². The van der Waals surface area contributed by atoms with Crippen LogP contribution in [0, 0.1) is 13.8 Å². The molecule has 5 rings (SSSR count). The van der Waals surface area contributed by atoms with Crippen molar-refractivity contribution in [3.8, 4) is 22.6 Å². The first-order valence-electron chi connectivity index (χ1n) is 8.32. The lowest BCUT2D eigenvalue weighted by molar-refractivity contribution is 0.665. The van der Waals surface area contributed by atoms with Gasteiger partial charge in [0.2, 0.25) is 0 Å². The Morgan fingerprint density at radius 3 is 2.65 bits per heavy atom. The fraction of sp³-hybridized carbons (Fsp3) is 0.158. The molecular formula is C19H16N6S. The van der Waals surface area contributed by atoms with Crippen LogP contribution < -0.4 is 0 Å². The summed E-state index contributed by atoms with van der Waals surface area (Å²) in [6.45, 7) is 4.10. The molecule has 26 heavy (non-hydrogen) atoms. The summed E-state index contributed by atoms with van der Waals surface area (Å²) in [7, 11) is 1.84. The number of pyridine rings is 1. The minimum absolute atomic E-state index is 0.871. The van der Waals surface area contributed by atoms with Gasteiger partial charge in [0.1, 0.15) is 16.7 Å². The number of hydrogen-bond acceptors (Lipinski definition) is 5. The molecule has 0 fully saturated rings. The molecule has 0 aliphatic rings. The lowest BCUT2D eigenvalue weighted by Gasteiger charge is -2.06. The zero-order chi connectivity index (χ0) is 17.8. The van der Waals surface area contributed by atoms with Gasteiger partial charge < -0.3 is 0 Å². The molecule has 128 valence electrons. The molecule has 5 aromatic rings. The standard InChI is InChI=1S/C19H16N6S/c1-11-5-4-6-15(20-11)17-18(25-12(2)10-26-19(25)21-17)13-7-8-14-16(9-13)23-24(3)22-14/h4-10H,1-3H3. The maximum atomic E-state index is 4.88. The molecule has 0 radical (unpaired) electrons. The quantitative estimate of drug-likeness (QED) is 0.477. The highest BCUT2D eigenvalue weighted by molar-refractivity contribution is 7.15. The van der Waals surface area contributed by atoms with Gasteiger partial charge in [-0.2, -0.15) is 15.0 Å². The van der Waals surface area contributed by atoms with Gasteiger partial charge in [0.25, 0.3) is 0 Å². The molecule has 0 atom stereocenters. The highest BCUT2D eigenvalue weighted by Gasteiger charge is 2.20. The van der Waals surface area contributed by atoms with Crippen LogP contribution in [0.1, 0.15) is 11.4 Å². The summed E-state index contributed by atoms with van der Waals surface area (Å²) in [5.41, 5.74) is 7.78. The molecule has 0 amide bonds. The fourth-order valence-corrected chi connectivity index (χ4v) is 4.15. The van der Waals surface area contributed by atoms with Gasteiger partial charge in [0.05, 0.1) is 11.4 Å². The van der Waals surface area contributed by atoms with E-state index in [2.05, 4.69) is 39.0 Å². The monoisotopic (exact) mass is 360 g/mol. The summed E-state index contributed by atoms with van der Waals surface area (Å²) in [5, 5.41) is 10.9. The van der Waals surface area contributed by atoms with E-state index in [-0.39, 0.29) is 0 Å². The molecule has 0 unspecified atom stereocenters. The molecule has 4 heterocycles. The lowest BCUT2D eigenvalue weighted by atomic mass is 10.1. The van der Waals surface area contributed by atoms with Gasteiger partial charge in [-0.3, -0.25) is 9.38 Å². The van der Waals surface area contributed by atoms with Crippen LogP contribution in [0.4, 0.5) is 0 Å². The van der Waals surface area contributed by atoms with Crippen molar-refractivity contribution in [3.63, 3.8) is 0 Å². The summed E-state index contributed by atoms with van der Waals surface area (Å²) in [6.07, 6.45) is 0. The van der Waals surface area contributed by atoms with Crippen molar-refractivity contribution in [2.75, 3.05) is 0 Å². The van der Waals surface area contributed by atoms with Crippen LogP contribution in [0.25, 0.3) is 38.6 Å². The van der Waals surface area contributed by atoms with Gasteiger partial charge >= 0.3 is 0 Å². The average molecular weight is 360 g/mol. The molecule has 1 aromatic carbocycles. The topological polar surface area (TPSA) is 60.9 Å². The van der Waals surface area contributed by atoms with Crippen molar-refractivity contribution >= 4 is 27.3 Å². The van der Waals surface area contributed by atoms with Crippen molar-refractivity contribution in [1.29, 1.82) is 0 Å². The van der Waals surface area contributed by atoms with Crippen LogP contribution in [-0.4, -0.2) is 29.4 Å². The second-order valence-electron chi connectivity index (χ2n) is 6.36. The number of hydrogen-bond donors (Lipinski definition) is 0. The van der Waals surface area contributed by atoms with E-state index in [0.29, 0.717) is 0 Å². The second-order valence-corrected chi connectivity index (χ2v) is 7.20. The summed E-state index contributed by atoms with van der Waals surface area (Å²) < 4.78 is 2.20. The van der Waals surface area contributed by atoms with Crippen LogP contribution in [0.3, 0.4) is 0 Å². The van der Waals surface area contributed by atoms with Crippen LogP contribution in [0.2, 0.25) is 0 Å². The van der Waals surface area contributed by atoms with E-state index >= 15 is 0 Å². The summed E-state index contributed by atoms with van der Waals surface area (Å²) in [4.78, 5) is 12.1. The minimum Gasteiger partial charge on any atom is -0.287 e. The number of fused-ring (bicyclic) bond motifs is 2. The smallest absolute Gasteiger partial charge is 0.195 e. The Kier molecular flexibility index (Phi) is 3.20. The highest BCUT2D eigenvalue weighted by atomic mass is 32.1. The second kappa shape index (κ2) is 5.47. The fourth-order valence-electron chi connectivity index (χ4n) is 3.29. The first kappa shape index (κ1) is 15.2. The van der Waals surface area contributed by atoms with Crippen molar-refractivity contribution in [3.05, 3.63) is 53.2 Å². The predicted molar refractivity (Wildman–Crippen MR) is 103 cm³/mol. The van der Waals surface area contributed by atoms with Crippen LogP contribution in [-0.2, 0) is 7.05 Å². The van der Waals surface area contributed by atoms with E-state index in [9.17, 15) is 0 Å². The maximum absolute atomic E-state index is 4.88. The largest absolute Gasteiger partial charge is 0.287 e. The van der Waals surface area contributed by atoms with Crippen molar-refractivity contribution in [2.45, 2.75) is 13.8 Å². The van der Waals surface area contributed by atoms with Gasteiger partial charge in [0.15, 0.2) is 4.96 Å². The van der Waals surface area contributed by atoms with Crippen LogP contribution in [0.15, 0.2) is 41.8 Å². The number of nitrogens with zero attached hydrogens (tertiary/aromatic N) is 6. The molecule has 0 saturated carbocycles. The normalized spacial score (nSPS) is 11.7. The molecule has 7 heteroatoms. The zero-order valence-corrected chi connectivity index (χ0v) is 15.4. The summed E-state index contributed by atoms with van der Waals surface area (Å²) in [6, 6.07) is 12.2. The zero-order valence-electron chi connectivity index (χ0n) is 14.6.